The van der Waals surface area contributed by atoms with E-state index in [9.17, 15) is 4.79 Å². The summed E-state index contributed by atoms with van der Waals surface area (Å²) in [5.41, 5.74) is 1.50. The van der Waals surface area contributed by atoms with Gasteiger partial charge in [-0.3, -0.25) is 18.7 Å². The average Bonchev–Trinajstić information content (AvgIpc) is 3.56. The van der Waals surface area contributed by atoms with Crippen LogP contribution in [0.4, 0.5) is 5.82 Å². The first kappa shape index (κ1) is 24.1. The van der Waals surface area contributed by atoms with Gasteiger partial charge in [0.2, 0.25) is 0 Å². The zero-order valence-electron chi connectivity index (χ0n) is 19.9. The first-order valence-electron chi connectivity index (χ1n) is 11.1. The Kier molecular flexibility index (Phi) is 7.03. The summed E-state index contributed by atoms with van der Waals surface area (Å²) in [5, 5.41) is 2.82. The van der Waals surface area contributed by atoms with E-state index < -0.39 is 14.7 Å². The Morgan fingerprint density at radius 2 is 1.86 bits per heavy atom. The van der Waals surface area contributed by atoms with Crippen molar-refractivity contribution in [2.45, 2.75) is 24.5 Å². The minimum Gasteiger partial charge on any atom is -0.347 e. The smallest absolute Gasteiger partial charge is 0.256 e. The largest absolute Gasteiger partial charge is 0.347 e. The average molecular weight is 501 g/mol. The number of carbonyl (C=O) groups excluding carboxylic acids is 1. The van der Waals surface area contributed by atoms with Crippen molar-refractivity contribution in [2.75, 3.05) is 46.9 Å². The Hall–Kier alpha value is -2.57. The number of hydrogen-bond donors (Lipinski definition) is 1. The molecular weight excluding hydrogens is 473 g/mol. The van der Waals surface area contributed by atoms with Gasteiger partial charge in [0.1, 0.15) is 31.4 Å². The zero-order chi connectivity index (χ0) is 24.5. The number of rotatable bonds is 8. The van der Waals surface area contributed by atoms with Crippen LogP contribution >= 0.6 is 8.45 Å². The third-order valence-corrected chi connectivity index (χ3v) is 7.49. The number of hydrogen-bond acceptors (Lipinski definition) is 10. The Bertz CT molecular complexity index is 1170. The summed E-state index contributed by atoms with van der Waals surface area (Å²) in [5.74, 6) is 0.0450. The van der Waals surface area contributed by atoms with Crippen molar-refractivity contribution in [3.8, 4) is 0 Å². The van der Waals surface area contributed by atoms with Gasteiger partial charge in [0.15, 0.2) is 31.7 Å². The number of carbonyl (C=O) groups is 1. The van der Waals surface area contributed by atoms with Crippen LogP contribution < -0.4 is 5.32 Å². The lowest BCUT2D eigenvalue weighted by atomic mass is 10.1. The predicted molar refractivity (Wildman–Crippen MR) is 128 cm³/mol. The first-order valence-corrected chi connectivity index (χ1v) is 12.3. The summed E-state index contributed by atoms with van der Waals surface area (Å²) in [7, 11) is 7.00. The molecule has 1 N–H and O–H groups in total. The van der Waals surface area contributed by atoms with E-state index in [1.165, 1.54) is 6.33 Å². The van der Waals surface area contributed by atoms with Gasteiger partial charge in [-0.15, -0.1) is 0 Å². The number of ether oxygens (including phenoxy) is 3. The van der Waals surface area contributed by atoms with Crippen LogP contribution in [-0.2, 0) is 18.7 Å². The molecular formula is C22H28N7O5P. The molecule has 2 aromatic heterocycles. The van der Waals surface area contributed by atoms with Gasteiger partial charge in [-0.1, -0.05) is 18.2 Å². The first-order chi connectivity index (χ1) is 16.9. The third kappa shape index (κ3) is 4.78. The van der Waals surface area contributed by atoms with E-state index in [-0.39, 0.29) is 31.0 Å². The Morgan fingerprint density at radius 1 is 1.11 bits per heavy atom. The summed E-state index contributed by atoms with van der Waals surface area (Å²) in [6.07, 6.45) is 1.55. The van der Waals surface area contributed by atoms with E-state index in [1.54, 1.807) is 35.2 Å². The van der Waals surface area contributed by atoms with Crippen LogP contribution in [0.2, 0.25) is 0 Å². The number of benzene rings is 1. The SMILES string of the molecule is CN(C)P(OC[C@H]1O[C@@H](n2cnc3c(NC(=O)c4ccccc4)ncnc32)[C@@H]2OCO[C@@H]21)N(C)C. The van der Waals surface area contributed by atoms with Gasteiger partial charge < -0.3 is 24.1 Å². The second kappa shape index (κ2) is 10.2. The maximum atomic E-state index is 12.6. The highest BCUT2D eigenvalue weighted by atomic mass is 31.2. The molecule has 4 atom stereocenters. The van der Waals surface area contributed by atoms with E-state index in [0.717, 1.165) is 0 Å². The third-order valence-electron chi connectivity index (χ3n) is 5.75. The van der Waals surface area contributed by atoms with Crippen LogP contribution in [0.5, 0.6) is 0 Å². The van der Waals surface area contributed by atoms with Gasteiger partial charge in [0, 0.05) is 5.56 Å². The standard InChI is InChI=1S/C22H28N7O5P/c1-27(2)35(28(3)4)33-10-15-17-18(32-13-31-17)22(34-15)29-12-25-16-19(23-11-24-20(16)29)26-21(30)14-8-6-5-7-9-14/h5-9,11-12,15,17-18,22H,10,13H2,1-4H3,(H,23,24,26,30)/t15-,17-,18-,22-/m1/s1. The number of amides is 1. The fourth-order valence-corrected chi connectivity index (χ4v) is 5.73. The van der Waals surface area contributed by atoms with Crippen LogP contribution in [0.25, 0.3) is 11.2 Å². The number of nitrogens with one attached hydrogen (secondary N) is 1. The minimum absolute atomic E-state index is 0.182. The van der Waals surface area contributed by atoms with Crippen LogP contribution in [0.3, 0.4) is 0 Å². The van der Waals surface area contributed by atoms with E-state index in [0.29, 0.717) is 29.2 Å². The lowest BCUT2D eigenvalue weighted by Crippen LogP contribution is -2.32. The lowest BCUT2D eigenvalue weighted by Gasteiger charge is -2.30. The van der Waals surface area contributed by atoms with E-state index in [1.807, 2.05) is 43.6 Å². The fourth-order valence-electron chi connectivity index (χ4n) is 4.27. The Morgan fingerprint density at radius 3 is 2.60 bits per heavy atom. The maximum absolute atomic E-state index is 12.6. The monoisotopic (exact) mass is 501 g/mol. The normalized spacial score (nSPS) is 24.1. The Labute approximate surface area is 204 Å². The van der Waals surface area contributed by atoms with Crippen molar-refractivity contribution >= 4 is 31.3 Å². The van der Waals surface area contributed by atoms with Gasteiger partial charge in [0.25, 0.3) is 5.91 Å². The quantitative estimate of drug-likeness (QED) is 0.460. The molecule has 3 aromatic rings. The van der Waals surface area contributed by atoms with Crippen LogP contribution in [0, 0.1) is 0 Å². The summed E-state index contributed by atoms with van der Waals surface area (Å²) in [6, 6.07) is 8.92. The molecule has 186 valence electrons. The molecule has 0 saturated carbocycles. The molecule has 12 nitrogen and oxygen atoms in total. The van der Waals surface area contributed by atoms with Gasteiger partial charge in [-0.25, -0.2) is 15.0 Å². The van der Waals surface area contributed by atoms with Crippen LogP contribution in [-0.4, -0.2) is 94.7 Å². The van der Waals surface area contributed by atoms with Crippen molar-refractivity contribution < 1.29 is 23.5 Å². The predicted octanol–water partition coefficient (Wildman–Crippen LogP) is 2.08. The van der Waals surface area contributed by atoms with Crippen molar-refractivity contribution in [3.05, 3.63) is 48.5 Å². The topological polar surface area (TPSA) is 116 Å². The second-order valence-corrected chi connectivity index (χ2v) is 10.9. The van der Waals surface area contributed by atoms with Crippen molar-refractivity contribution in [2.24, 2.45) is 0 Å². The van der Waals surface area contributed by atoms with E-state index >= 15 is 0 Å². The lowest BCUT2D eigenvalue weighted by molar-refractivity contribution is -0.105. The van der Waals surface area contributed by atoms with E-state index in [2.05, 4.69) is 20.3 Å². The van der Waals surface area contributed by atoms with Crippen molar-refractivity contribution in [1.29, 1.82) is 0 Å². The molecule has 2 saturated heterocycles. The number of anilines is 1. The maximum Gasteiger partial charge on any atom is 0.256 e. The van der Waals surface area contributed by atoms with Gasteiger partial charge in [-0.2, -0.15) is 0 Å². The molecule has 1 aromatic carbocycles. The highest BCUT2D eigenvalue weighted by Crippen LogP contribution is 2.44. The molecule has 2 fully saturated rings. The van der Waals surface area contributed by atoms with Gasteiger partial charge in [0.05, 0.1) is 12.9 Å². The zero-order valence-corrected chi connectivity index (χ0v) is 20.8. The number of nitrogens with zero attached hydrogens (tertiary/aromatic N) is 6. The molecule has 0 bridgehead atoms. The van der Waals surface area contributed by atoms with Crippen molar-refractivity contribution in [1.82, 2.24) is 28.9 Å². The molecule has 35 heavy (non-hydrogen) atoms. The minimum atomic E-state index is -0.922. The van der Waals surface area contributed by atoms with Crippen LogP contribution in [0.1, 0.15) is 16.6 Å². The van der Waals surface area contributed by atoms with E-state index in [4.69, 9.17) is 18.7 Å². The molecule has 0 spiro atoms. The summed E-state index contributed by atoms with van der Waals surface area (Å²) in [4.78, 5) is 25.8. The summed E-state index contributed by atoms with van der Waals surface area (Å²) < 4.78 is 30.1. The molecule has 2 aliphatic heterocycles. The number of aromatic nitrogens is 4. The molecule has 0 unspecified atom stereocenters. The molecule has 0 radical (unpaired) electrons. The number of fused-ring (bicyclic) bond motifs is 2. The highest BCUT2D eigenvalue weighted by Gasteiger charge is 2.51. The molecule has 13 heteroatoms. The van der Waals surface area contributed by atoms with Gasteiger partial charge in [-0.05, 0) is 40.3 Å². The number of imidazole rings is 1. The molecule has 5 rings (SSSR count). The molecule has 1 amide bonds. The van der Waals surface area contributed by atoms with Gasteiger partial charge >= 0.3 is 0 Å². The summed E-state index contributed by atoms with van der Waals surface area (Å²) in [6.45, 7) is 0.533. The van der Waals surface area contributed by atoms with Crippen molar-refractivity contribution in [3.63, 3.8) is 0 Å². The highest BCUT2D eigenvalue weighted by molar-refractivity contribution is 7.47. The second-order valence-electron chi connectivity index (χ2n) is 8.55. The molecule has 0 aliphatic carbocycles. The fraction of sp³-hybridized carbons (Fsp3) is 0.455. The molecule has 2 aliphatic rings. The Balaban J connectivity index is 1.36. The summed E-state index contributed by atoms with van der Waals surface area (Å²) >= 11 is 0. The molecule has 4 heterocycles. The van der Waals surface area contributed by atoms with Crippen LogP contribution in [0.15, 0.2) is 43.0 Å².